The third-order valence-electron chi connectivity index (χ3n) is 4.05. The number of ether oxygens (including phenoxy) is 2. The highest BCUT2D eigenvalue weighted by molar-refractivity contribution is 6.39. The van der Waals surface area contributed by atoms with E-state index in [1.165, 1.54) is 0 Å². The Labute approximate surface area is 158 Å². The molecule has 0 aliphatic carbocycles. The van der Waals surface area contributed by atoms with Crippen LogP contribution in [0.1, 0.15) is 32.4 Å². The fourth-order valence-electron chi connectivity index (χ4n) is 2.56. The van der Waals surface area contributed by atoms with Crippen molar-refractivity contribution in [2.24, 2.45) is 0 Å². The molecule has 0 saturated heterocycles. The molecule has 25 heavy (non-hydrogen) atoms. The molecule has 2 rings (SSSR count). The topological polar surface area (TPSA) is 56.3 Å². The number of nitrogens with zero attached hydrogens (tertiary/aromatic N) is 2. The molecule has 1 heterocycles. The molecule has 1 N–H and O–H groups in total. The fourth-order valence-corrected chi connectivity index (χ4v) is 3.20. The van der Waals surface area contributed by atoms with Gasteiger partial charge < -0.3 is 14.8 Å². The first-order chi connectivity index (χ1) is 11.9. The zero-order chi connectivity index (χ0) is 18.6. The van der Waals surface area contributed by atoms with Crippen LogP contribution in [-0.2, 0) is 0 Å². The smallest absolute Gasteiger partial charge is 0.257 e. The Hall–Kier alpha value is -1.72. The summed E-state index contributed by atoms with van der Waals surface area (Å²) in [7, 11) is 3.13. The lowest BCUT2D eigenvalue weighted by atomic mass is 10.1. The molecule has 0 fully saturated rings. The second-order valence-corrected chi connectivity index (χ2v) is 6.45. The molecule has 0 atom stereocenters. The Morgan fingerprint density at radius 1 is 1.04 bits per heavy atom. The highest BCUT2D eigenvalue weighted by Crippen LogP contribution is 2.39. The molecule has 0 unspecified atom stereocenters. The predicted octanol–water partition coefficient (Wildman–Crippen LogP) is 5.38. The van der Waals surface area contributed by atoms with Crippen LogP contribution in [-0.4, -0.2) is 30.2 Å². The van der Waals surface area contributed by atoms with Gasteiger partial charge in [0.05, 0.1) is 35.7 Å². The van der Waals surface area contributed by atoms with Gasteiger partial charge in [-0.15, -0.1) is 0 Å². The molecular formula is C18H23Cl2N3O2. The van der Waals surface area contributed by atoms with Gasteiger partial charge in [-0.1, -0.05) is 37.0 Å². The number of rotatable bonds is 7. The Balaban J connectivity index is 2.54. The third kappa shape index (κ3) is 4.28. The highest BCUT2D eigenvalue weighted by Gasteiger charge is 2.20. The van der Waals surface area contributed by atoms with E-state index in [0.29, 0.717) is 50.5 Å². The Morgan fingerprint density at radius 3 is 2.12 bits per heavy atom. The van der Waals surface area contributed by atoms with E-state index in [2.05, 4.69) is 29.1 Å². The lowest BCUT2D eigenvalue weighted by Crippen LogP contribution is -2.19. The summed E-state index contributed by atoms with van der Waals surface area (Å²) >= 11 is 12.8. The molecule has 0 amide bonds. The number of nitrogens with one attached hydrogen (secondary N) is 1. The summed E-state index contributed by atoms with van der Waals surface area (Å²) in [4.78, 5) is 9.24. The van der Waals surface area contributed by atoms with E-state index < -0.39 is 0 Å². The van der Waals surface area contributed by atoms with Gasteiger partial charge in [0, 0.05) is 11.6 Å². The molecule has 0 aliphatic rings. The van der Waals surface area contributed by atoms with E-state index in [1.54, 1.807) is 26.4 Å². The van der Waals surface area contributed by atoms with Crippen LogP contribution in [0.3, 0.4) is 0 Å². The standard InChI is InChI=1S/C18H23Cl2N3O2/c1-6-11(7-2)22-17-18(25-5)23-16(10(3)21-17)15-13(19)8-12(24-4)9-14(15)20/h8-9,11H,6-7H2,1-5H3,(H,21,22). The van der Waals surface area contributed by atoms with Crippen LogP contribution in [0.2, 0.25) is 10.0 Å². The van der Waals surface area contributed by atoms with E-state index >= 15 is 0 Å². The minimum absolute atomic E-state index is 0.307. The van der Waals surface area contributed by atoms with E-state index in [9.17, 15) is 0 Å². The van der Waals surface area contributed by atoms with Crippen molar-refractivity contribution >= 4 is 29.0 Å². The van der Waals surface area contributed by atoms with E-state index in [-0.39, 0.29) is 0 Å². The van der Waals surface area contributed by atoms with Crippen molar-refractivity contribution in [1.29, 1.82) is 0 Å². The zero-order valence-electron chi connectivity index (χ0n) is 15.1. The normalized spacial score (nSPS) is 10.9. The number of methoxy groups -OCH3 is 2. The van der Waals surface area contributed by atoms with Crippen molar-refractivity contribution in [2.45, 2.75) is 39.7 Å². The maximum absolute atomic E-state index is 6.40. The molecular weight excluding hydrogens is 361 g/mol. The molecule has 0 radical (unpaired) electrons. The van der Waals surface area contributed by atoms with Crippen molar-refractivity contribution in [3.05, 3.63) is 27.9 Å². The van der Waals surface area contributed by atoms with Gasteiger partial charge in [-0.3, -0.25) is 0 Å². The molecule has 0 spiro atoms. The van der Waals surface area contributed by atoms with Crippen LogP contribution in [0.4, 0.5) is 5.82 Å². The monoisotopic (exact) mass is 383 g/mol. The van der Waals surface area contributed by atoms with Crippen LogP contribution in [0.5, 0.6) is 11.6 Å². The number of anilines is 1. The summed E-state index contributed by atoms with van der Waals surface area (Å²) in [5, 5.41) is 4.28. The van der Waals surface area contributed by atoms with Crippen molar-refractivity contribution in [1.82, 2.24) is 9.97 Å². The Morgan fingerprint density at radius 2 is 1.64 bits per heavy atom. The molecule has 1 aromatic carbocycles. The first-order valence-corrected chi connectivity index (χ1v) is 8.93. The van der Waals surface area contributed by atoms with Gasteiger partial charge in [0.25, 0.3) is 5.88 Å². The molecule has 136 valence electrons. The largest absolute Gasteiger partial charge is 0.497 e. The van der Waals surface area contributed by atoms with Crippen molar-refractivity contribution in [2.75, 3.05) is 19.5 Å². The molecule has 7 heteroatoms. The predicted molar refractivity (Wildman–Crippen MR) is 103 cm³/mol. The summed E-state index contributed by atoms with van der Waals surface area (Å²) in [6.45, 7) is 6.12. The third-order valence-corrected chi connectivity index (χ3v) is 4.64. The molecule has 5 nitrogen and oxygen atoms in total. The van der Waals surface area contributed by atoms with Gasteiger partial charge in [0.2, 0.25) is 0 Å². The van der Waals surface area contributed by atoms with Gasteiger partial charge in [0.1, 0.15) is 5.75 Å². The number of halogens is 2. The second kappa shape index (κ2) is 8.59. The number of hydrogen-bond acceptors (Lipinski definition) is 5. The van der Waals surface area contributed by atoms with E-state index in [1.807, 2.05) is 6.92 Å². The minimum Gasteiger partial charge on any atom is -0.497 e. The zero-order valence-corrected chi connectivity index (χ0v) is 16.6. The van der Waals surface area contributed by atoms with Crippen LogP contribution in [0.25, 0.3) is 11.3 Å². The second-order valence-electron chi connectivity index (χ2n) is 5.64. The van der Waals surface area contributed by atoms with Gasteiger partial charge in [-0.25, -0.2) is 9.97 Å². The average molecular weight is 384 g/mol. The summed E-state index contributed by atoms with van der Waals surface area (Å²) in [6, 6.07) is 3.71. The average Bonchev–Trinajstić information content (AvgIpc) is 2.60. The maximum atomic E-state index is 6.40. The SMILES string of the molecule is CCC(CC)Nc1nc(C)c(-c2c(Cl)cc(OC)cc2Cl)nc1OC. The van der Waals surface area contributed by atoms with E-state index in [0.717, 1.165) is 12.8 Å². The van der Waals surface area contributed by atoms with Crippen LogP contribution in [0.15, 0.2) is 12.1 Å². The van der Waals surface area contributed by atoms with Crippen LogP contribution < -0.4 is 14.8 Å². The summed E-state index contributed by atoms with van der Waals surface area (Å²) < 4.78 is 10.6. The van der Waals surface area contributed by atoms with Gasteiger partial charge in [0.15, 0.2) is 5.82 Å². The molecule has 0 bridgehead atoms. The lowest BCUT2D eigenvalue weighted by molar-refractivity contribution is 0.397. The van der Waals surface area contributed by atoms with Gasteiger partial charge in [-0.05, 0) is 31.9 Å². The minimum atomic E-state index is 0.307. The molecule has 0 saturated carbocycles. The number of aryl methyl sites for hydroxylation is 1. The van der Waals surface area contributed by atoms with Crippen LogP contribution >= 0.6 is 23.2 Å². The molecule has 1 aromatic heterocycles. The summed E-state index contributed by atoms with van der Waals surface area (Å²) in [5.41, 5.74) is 1.91. The first kappa shape index (κ1) is 19.6. The quantitative estimate of drug-likeness (QED) is 0.695. The lowest BCUT2D eigenvalue weighted by Gasteiger charge is -2.19. The van der Waals surface area contributed by atoms with Gasteiger partial charge >= 0.3 is 0 Å². The summed E-state index contributed by atoms with van der Waals surface area (Å²) in [5.74, 6) is 1.62. The number of benzene rings is 1. The fraction of sp³-hybridized carbons (Fsp3) is 0.444. The Kier molecular flexibility index (Phi) is 6.73. The Bertz CT molecular complexity index is 726. The van der Waals surface area contributed by atoms with Crippen molar-refractivity contribution < 1.29 is 9.47 Å². The summed E-state index contributed by atoms with van der Waals surface area (Å²) in [6.07, 6.45) is 1.97. The van der Waals surface area contributed by atoms with Crippen molar-refractivity contribution in [3.63, 3.8) is 0 Å². The van der Waals surface area contributed by atoms with Crippen molar-refractivity contribution in [3.8, 4) is 22.9 Å². The van der Waals surface area contributed by atoms with E-state index in [4.69, 9.17) is 32.7 Å². The highest BCUT2D eigenvalue weighted by atomic mass is 35.5. The molecule has 2 aromatic rings. The first-order valence-electron chi connectivity index (χ1n) is 8.17. The molecule has 0 aliphatic heterocycles. The van der Waals surface area contributed by atoms with Gasteiger partial charge in [-0.2, -0.15) is 0 Å². The van der Waals surface area contributed by atoms with Crippen LogP contribution in [0, 0.1) is 6.92 Å². The maximum Gasteiger partial charge on any atom is 0.257 e. The number of aromatic nitrogens is 2. The number of hydrogen-bond donors (Lipinski definition) is 1.